The molecule has 1 aromatic rings. The highest BCUT2D eigenvalue weighted by Gasteiger charge is 2.08. The average molecular weight is 195 g/mol. The Morgan fingerprint density at radius 1 is 1.43 bits per heavy atom. The van der Waals surface area contributed by atoms with Gasteiger partial charge in [-0.15, -0.1) is 0 Å². The van der Waals surface area contributed by atoms with Crippen LogP contribution >= 0.6 is 0 Å². The summed E-state index contributed by atoms with van der Waals surface area (Å²) >= 11 is 0. The molecule has 0 saturated heterocycles. The minimum absolute atomic E-state index is 0.249. The standard InChI is InChI=1S/C11H21N3/c1-9(2)4-5-10(12)8-11-13-6-7-14(11)3/h6-7,9-10H,4-5,8,12H2,1-3H3. The maximum atomic E-state index is 6.03. The Kier molecular flexibility index (Phi) is 4.14. The van der Waals surface area contributed by atoms with Crippen molar-refractivity contribution >= 4 is 0 Å². The Morgan fingerprint density at radius 3 is 2.64 bits per heavy atom. The Morgan fingerprint density at radius 2 is 2.14 bits per heavy atom. The molecule has 0 aliphatic rings. The van der Waals surface area contributed by atoms with Crippen LogP contribution in [0.3, 0.4) is 0 Å². The van der Waals surface area contributed by atoms with E-state index in [1.807, 2.05) is 24.0 Å². The summed E-state index contributed by atoms with van der Waals surface area (Å²) in [6.45, 7) is 4.46. The van der Waals surface area contributed by atoms with Crippen LogP contribution in [0.15, 0.2) is 12.4 Å². The Labute approximate surface area is 86.3 Å². The lowest BCUT2D eigenvalue weighted by Crippen LogP contribution is -2.24. The molecule has 14 heavy (non-hydrogen) atoms. The fraction of sp³-hybridized carbons (Fsp3) is 0.727. The quantitative estimate of drug-likeness (QED) is 0.777. The molecule has 0 aliphatic heterocycles. The van der Waals surface area contributed by atoms with Crippen molar-refractivity contribution in [1.29, 1.82) is 0 Å². The van der Waals surface area contributed by atoms with Crippen molar-refractivity contribution in [2.24, 2.45) is 18.7 Å². The molecule has 1 atom stereocenters. The second kappa shape index (κ2) is 5.15. The molecule has 0 saturated carbocycles. The van der Waals surface area contributed by atoms with Crippen LogP contribution in [0.25, 0.3) is 0 Å². The van der Waals surface area contributed by atoms with Gasteiger partial charge in [-0.2, -0.15) is 0 Å². The van der Waals surface area contributed by atoms with Gasteiger partial charge in [-0.3, -0.25) is 0 Å². The monoisotopic (exact) mass is 195 g/mol. The van der Waals surface area contributed by atoms with E-state index < -0.39 is 0 Å². The second-order valence-corrected chi connectivity index (χ2v) is 4.39. The molecule has 1 heterocycles. The van der Waals surface area contributed by atoms with E-state index >= 15 is 0 Å². The van der Waals surface area contributed by atoms with Gasteiger partial charge in [-0.05, 0) is 18.8 Å². The van der Waals surface area contributed by atoms with Gasteiger partial charge in [0.05, 0.1) is 0 Å². The highest BCUT2D eigenvalue weighted by atomic mass is 15.0. The zero-order valence-corrected chi connectivity index (χ0v) is 9.40. The summed E-state index contributed by atoms with van der Waals surface area (Å²) in [5, 5.41) is 0. The van der Waals surface area contributed by atoms with E-state index in [1.165, 1.54) is 6.42 Å². The molecule has 0 bridgehead atoms. The van der Waals surface area contributed by atoms with Gasteiger partial charge in [0.25, 0.3) is 0 Å². The maximum Gasteiger partial charge on any atom is 0.109 e. The first-order chi connectivity index (χ1) is 6.59. The second-order valence-electron chi connectivity index (χ2n) is 4.39. The summed E-state index contributed by atoms with van der Waals surface area (Å²) < 4.78 is 2.04. The van der Waals surface area contributed by atoms with E-state index in [2.05, 4.69) is 18.8 Å². The molecule has 0 amide bonds. The first kappa shape index (κ1) is 11.2. The minimum Gasteiger partial charge on any atom is -0.338 e. The molecular weight excluding hydrogens is 174 g/mol. The van der Waals surface area contributed by atoms with Gasteiger partial charge in [0.15, 0.2) is 0 Å². The molecule has 0 aliphatic carbocycles. The van der Waals surface area contributed by atoms with Crippen LogP contribution in [0, 0.1) is 5.92 Å². The van der Waals surface area contributed by atoms with Gasteiger partial charge >= 0.3 is 0 Å². The maximum absolute atomic E-state index is 6.03. The molecular formula is C11H21N3. The number of aryl methyl sites for hydroxylation is 1. The summed E-state index contributed by atoms with van der Waals surface area (Å²) in [7, 11) is 2.01. The van der Waals surface area contributed by atoms with Crippen LogP contribution in [0.2, 0.25) is 0 Å². The van der Waals surface area contributed by atoms with Crippen LogP contribution in [0.1, 0.15) is 32.5 Å². The molecule has 1 unspecified atom stereocenters. The van der Waals surface area contributed by atoms with Crippen molar-refractivity contribution in [2.45, 2.75) is 39.2 Å². The Balaban J connectivity index is 2.34. The molecule has 3 nitrogen and oxygen atoms in total. The number of hydrogen-bond acceptors (Lipinski definition) is 2. The third-order valence-corrected chi connectivity index (χ3v) is 2.48. The van der Waals surface area contributed by atoms with Crippen LogP contribution < -0.4 is 5.73 Å². The molecule has 0 fully saturated rings. The number of rotatable bonds is 5. The lowest BCUT2D eigenvalue weighted by molar-refractivity contribution is 0.486. The predicted molar refractivity (Wildman–Crippen MR) is 59.0 cm³/mol. The van der Waals surface area contributed by atoms with Crippen LogP contribution in [-0.2, 0) is 13.5 Å². The topological polar surface area (TPSA) is 43.8 Å². The minimum atomic E-state index is 0.249. The summed E-state index contributed by atoms with van der Waals surface area (Å²) in [6.07, 6.45) is 6.96. The number of nitrogens with two attached hydrogens (primary N) is 1. The zero-order valence-electron chi connectivity index (χ0n) is 9.40. The largest absolute Gasteiger partial charge is 0.338 e. The molecule has 1 aromatic heterocycles. The van der Waals surface area contributed by atoms with Gasteiger partial charge in [0.1, 0.15) is 5.82 Å². The highest BCUT2D eigenvalue weighted by Crippen LogP contribution is 2.08. The zero-order chi connectivity index (χ0) is 10.6. The van der Waals surface area contributed by atoms with Gasteiger partial charge in [-0.1, -0.05) is 13.8 Å². The van der Waals surface area contributed by atoms with E-state index in [0.717, 1.165) is 24.6 Å². The smallest absolute Gasteiger partial charge is 0.109 e. The van der Waals surface area contributed by atoms with Gasteiger partial charge in [0, 0.05) is 31.9 Å². The number of imidazole rings is 1. The average Bonchev–Trinajstić information content (AvgIpc) is 2.49. The van der Waals surface area contributed by atoms with Crippen molar-refractivity contribution < 1.29 is 0 Å². The van der Waals surface area contributed by atoms with Crippen LogP contribution in [0.4, 0.5) is 0 Å². The summed E-state index contributed by atoms with van der Waals surface area (Å²) in [4.78, 5) is 4.27. The fourth-order valence-electron chi connectivity index (χ4n) is 1.48. The Hall–Kier alpha value is -0.830. The van der Waals surface area contributed by atoms with Crippen LogP contribution in [-0.4, -0.2) is 15.6 Å². The van der Waals surface area contributed by atoms with Crippen molar-refractivity contribution in [3.63, 3.8) is 0 Å². The highest BCUT2D eigenvalue weighted by molar-refractivity contribution is 4.93. The molecule has 80 valence electrons. The molecule has 3 heteroatoms. The van der Waals surface area contributed by atoms with E-state index in [4.69, 9.17) is 5.73 Å². The SMILES string of the molecule is CC(C)CCC(N)Cc1nccn1C. The fourth-order valence-corrected chi connectivity index (χ4v) is 1.48. The molecule has 0 radical (unpaired) electrons. The van der Waals surface area contributed by atoms with Crippen molar-refractivity contribution in [3.05, 3.63) is 18.2 Å². The lowest BCUT2D eigenvalue weighted by Gasteiger charge is -2.12. The van der Waals surface area contributed by atoms with E-state index in [1.54, 1.807) is 0 Å². The van der Waals surface area contributed by atoms with Crippen molar-refractivity contribution in [1.82, 2.24) is 9.55 Å². The number of nitrogens with zero attached hydrogens (tertiary/aromatic N) is 2. The molecule has 1 rings (SSSR count). The number of hydrogen-bond donors (Lipinski definition) is 1. The number of aromatic nitrogens is 2. The van der Waals surface area contributed by atoms with Crippen molar-refractivity contribution in [3.8, 4) is 0 Å². The lowest BCUT2D eigenvalue weighted by atomic mass is 10.0. The first-order valence-electron chi connectivity index (χ1n) is 5.31. The molecule has 0 aromatic carbocycles. The molecule has 0 spiro atoms. The predicted octanol–water partition coefficient (Wildman–Crippen LogP) is 1.73. The first-order valence-corrected chi connectivity index (χ1v) is 5.31. The normalized spacial score (nSPS) is 13.5. The van der Waals surface area contributed by atoms with Crippen molar-refractivity contribution in [2.75, 3.05) is 0 Å². The van der Waals surface area contributed by atoms with E-state index in [9.17, 15) is 0 Å². The van der Waals surface area contributed by atoms with E-state index in [0.29, 0.717) is 0 Å². The van der Waals surface area contributed by atoms with Gasteiger partial charge < -0.3 is 10.3 Å². The summed E-state index contributed by atoms with van der Waals surface area (Å²) in [6, 6.07) is 0.249. The third kappa shape index (κ3) is 3.50. The Bertz CT molecular complexity index is 265. The van der Waals surface area contributed by atoms with E-state index in [-0.39, 0.29) is 6.04 Å². The van der Waals surface area contributed by atoms with Gasteiger partial charge in [0.2, 0.25) is 0 Å². The summed E-state index contributed by atoms with van der Waals surface area (Å²) in [5.74, 6) is 1.82. The van der Waals surface area contributed by atoms with Gasteiger partial charge in [-0.25, -0.2) is 4.98 Å². The molecule has 2 N–H and O–H groups in total. The van der Waals surface area contributed by atoms with Crippen LogP contribution in [0.5, 0.6) is 0 Å². The summed E-state index contributed by atoms with van der Waals surface area (Å²) in [5.41, 5.74) is 6.03. The third-order valence-electron chi connectivity index (χ3n) is 2.48.